The maximum Gasteiger partial charge on any atom is -0.0235 e. The Hall–Kier alpha value is -0.260. The van der Waals surface area contributed by atoms with Crippen LogP contribution in [-0.2, 0) is 0 Å². The van der Waals surface area contributed by atoms with E-state index in [0.29, 0.717) is 27.1 Å². The van der Waals surface area contributed by atoms with E-state index in [2.05, 4.69) is 75.8 Å². The van der Waals surface area contributed by atoms with Gasteiger partial charge in [-0.25, -0.2) is 0 Å². The molecule has 3 rings (SSSR count). The molecule has 0 radical (unpaired) electrons. The van der Waals surface area contributed by atoms with Crippen LogP contribution in [0.2, 0.25) is 0 Å². The van der Waals surface area contributed by atoms with Crippen LogP contribution in [0.5, 0.6) is 0 Å². The predicted molar refractivity (Wildman–Crippen MR) is 138 cm³/mol. The van der Waals surface area contributed by atoms with E-state index in [0.717, 1.165) is 23.7 Å². The summed E-state index contributed by atoms with van der Waals surface area (Å²) in [5.74, 6) is 3.56. The molecular weight excluding hydrogens is 372 g/mol. The zero-order valence-electron chi connectivity index (χ0n) is 23.1. The van der Waals surface area contributed by atoms with E-state index in [1.54, 1.807) is 0 Å². The minimum absolute atomic E-state index is 0.424. The van der Waals surface area contributed by atoms with Crippen molar-refractivity contribution in [3.8, 4) is 0 Å². The molecule has 7 atom stereocenters. The number of allylic oxidation sites excluding steroid dienone is 1. The minimum Gasteiger partial charge on any atom is -0.100 e. The van der Waals surface area contributed by atoms with Gasteiger partial charge < -0.3 is 0 Å². The molecule has 31 heavy (non-hydrogen) atoms. The summed E-state index contributed by atoms with van der Waals surface area (Å²) in [5.41, 5.74) is 3.79. The molecule has 0 spiro atoms. The van der Waals surface area contributed by atoms with Crippen LogP contribution in [0.1, 0.15) is 133 Å². The Morgan fingerprint density at radius 3 is 2.10 bits per heavy atom. The van der Waals surface area contributed by atoms with Crippen molar-refractivity contribution in [1.82, 2.24) is 0 Å². The Morgan fingerprint density at radius 1 is 0.903 bits per heavy atom. The Bertz CT molecular complexity index is 662. The van der Waals surface area contributed by atoms with Crippen molar-refractivity contribution in [2.24, 2.45) is 50.7 Å². The third kappa shape index (κ3) is 4.21. The summed E-state index contributed by atoms with van der Waals surface area (Å²) in [6.07, 6.45) is 14.1. The molecule has 0 aliphatic heterocycles. The van der Waals surface area contributed by atoms with Crippen LogP contribution in [-0.4, -0.2) is 0 Å². The Kier molecular flexibility index (Phi) is 6.71. The molecule has 180 valence electrons. The van der Waals surface area contributed by atoms with Crippen LogP contribution in [0.25, 0.3) is 0 Å². The van der Waals surface area contributed by atoms with Gasteiger partial charge in [-0.2, -0.15) is 0 Å². The molecule has 0 N–H and O–H groups in total. The predicted octanol–water partition coefficient (Wildman–Crippen LogP) is 10.1. The molecule has 3 aliphatic carbocycles. The second kappa shape index (κ2) is 8.20. The van der Waals surface area contributed by atoms with Crippen molar-refractivity contribution in [3.63, 3.8) is 0 Å². The second-order valence-electron chi connectivity index (χ2n) is 15.0. The number of fused-ring (bicyclic) bond motifs is 3. The fraction of sp³-hybridized carbons (Fsp3) is 0.935. The SMILES string of the molecule is C=C(C)CCC1(C)C(CC)CCC2(C)C1CCC1C(CC(C)(C)C)C(C)(C)CCC12C. The monoisotopic (exact) mass is 428 g/mol. The number of hydrogen-bond acceptors (Lipinski definition) is 0. The van der Waals surface area contributed by atoms with E-state index < -0.39 is 0 Å². The average molecular weight is 429 g/mol. The summed E-state index contributed by atoms with van der Waals surface area (Å²) in [5, 5.41) is 0. The quantitative estimate of drug-likeness (QED) is 0.382. The Morgan fingerprint density at radius 2 is 1.55 bits per heavy atom. The lowest BCUT2D eigenvalue weighted by Crippen LogP contribution is -2.63. The number of hydrogen-bond donors (Lipinski definition) is 0. The highest BCUT2D eigenvalue weighted by Crippen LogP contribution is 2.74. The van der Waals surface area contributed by atoms with E-state index >= 15 is 0 Å². The van der Waals surface area contributed by atoms with Crippen molar-refractivity contribution in [3.05, 3.63) is 12.2 Å². The lowest BCUT2D eigenvalue weighted by Gasteiger charge is -2.71. The molecular formula is C31H56. The fourth-order valence-electron chi connectivity index (χ4n) is 9.45. The summed E-state index contributed by atoms with van der Waals surface area (Å²) in [7, 11) is 0. The largest absolute Gasteiger partial charge is 0.100 e. The van der Waals surface area contributed by atoms with E-state index in [-0.39, 0.29) is 0 Å². The van der Waals surface area contributed by atoms with Gasteiger partial charge in [0.2, 0.25) is 0 Å². The van der Waals surface area contributed by atoms with Gasteiger partial charge in [0, 0.05) is 0 Å². The van der Waals surface area contributed by atoms with Crippen molar-refractivity contribution < 1.29 is 0 Å². The zero-order valence-corrected chi connectivity index (χ0v) is 23.1. The van der Waals surface area contributed by atoms with Gasteiger partial charge >= 0.3 is 0 Å². The van der Waals surface area contributed by atoms with Gasteiger partial charge in [0.1, 0.15) is 0 Å². The maximum atomic E-state index is 4.28. The van der Waals surface area contributed by atoms with Gasteiger partial charge in [0.15, 0.2) is 0 Å². The molecule has 0 bridgehead atoms. The van der Waals surface area contributed by atoms with E-state index in [4.69, 9.17) is 0 Å². The summed E-state index contributed by atoms with van der Waals surface area (Å²) < 4.78 is 0. The summed E-state index contributed by atoms with van der Waals surface area (Å²) in [6, 6.07) is 0. The first-order valence-electron chi connectivity index (χ1n) is 13.7. The van der Waals surface area contributed by atoms with Gasteiger partial charge in [-0.3, -0.25) is 0 Å². The van der Waals surface area contributed by atoms with Gasteiger partial charge in [-0.05, 0) is 115 Å². The summed E-state index contributed by atoms with van der Waals surface area (Å²) in [6.45, 7) is 29.8. The minimum atomic E-state index is 0.424. The normalized spacial score (nSPS) is 45.0. The smallest absolute Gasteiger partial charge is 0.0235 e. The van der Waals surface area contributed by atoms with Crippen molar-refractivity contribution in [2.75, 3.05) is 0 Å². The molecule has 0 aromatic rings. The molecule has 3 fully saturated rings. The highest BCUT2D eigenvalue weighted by Gasteiger charge is 2.66. The second-order valence-corrected chi connectivity index (χ2v) is 15.0. The van der Waals surface area contributed by atoms with Crippen LogP contribution in [0.3, 0.4) is 0 Å². The summed E-state index contributed by atoms with van der Waals surface area (Å²) >= 11 is 0. The van der Waals surface area contributed by atoms with Crippen molar-refractivity contribution >= 4 is 0 Å². The lowest BCUT2D eigenvalue weighted by atomic mass is 9.34. The molecule has 0 aromatic carbocycles. The first kappa shape index (κ1) is 25.4. The van der Waals surface area contributed by atoms with E-state index in [9.17, 15) is 0 Å². The van der Waals surface area contributed by atoms with Gasteiger partial charge in [0.25, 0.3) is 0 Å². The van der Waals surface area contributed by atoms with E-state index in [1.165, 1.54) is 69.8 Å². The molecule has 0 amide bonds. The Balaban J connectivity index is 2.01. The molecule has 7 unspecified atom stereocenters. The van der Waals surface area contributed by atoms with Gasteiger partial charge in [0.05, 0.1) is 0 Å². The van der Waals surface area contributed by atoms with Gasteiger partial charge in [-0.1, -0.05) is 74.3 Å². The third-order valence-electron chi connectivity index (χ3n) is 11.6. The molecule has 0 heteroatoms. The maximum absolute atomic E-state index is 4.28. The fourth-order valence-corrected chi connectivity index (χ4v) is 9.45. The third-order valence-corrected chi connectivity index (χ3v) is 11.6. The summed E-state index contributed by atoms with van der Waals surface area (Å²) in [4.78, 5) is 0. The molecule has 0 aromatic heterocycles. The lowest BCUT2D eigenvalue weighted by molar-refractivity contribution is -0.219. The van der Waals surface area contributed by atoms with Crippen LogP contribution < -0.4 is 0 Å². The zero-order chi connectivity index (χ0) is 23.5. The molecule has 3 aliphatic rings. The average Bonchev–Trinajstić information content (AvgIpc) is 2.64. The van der Waals surface area contributed by atoms with E-state index in [1.807, 2.05) is 0 Å². The first-order chi connectivity index (χ1) is 14.1. The van der Waals surface area contributed by atoms with Crippen molar-refractivity contribution in [1.29, 1.82) is 0 Å². The topological polar surface area (TPSA) is 0 Å². The molecule has 3 saturated carbocycles. The molecule has 0 nitrogen and oxygen atoms in total. The first-order valence-corrected chi connectivity index (χ1v) is 13.7. The number of rotatable bonds is 5. The van der Waals surface area contributed by atoms with Crippen LogP contribution in [0, 0.1) is 50.7 Å². The standard InChI is InChI=1S/C31H56/c1-12-23-16-18-31(11)26(29(23,9)17-15-22(2)3)14-13-24-25(21-27(4,5)6)28(7,8)19-20-30(24,31)10/h23-26H,2,12-21H2,1,3-11H3. The highest BCUT2D eigenvalue weighted by atomic mass is 14.7. The van der Waals surface area contributed by atoms with Crippen LogP contribution >= 0.6 is 0 Å². The van der Waals surface area contributed by atoms with Gasteiger partial charge in [-0.15, -0.1) is 6.58 Å². The van der Waals surface area contributed by atoms with Crippen LogP contribution in [0.15, 0.2) is 12.2 Å². The highest BCUT2D eigenvalue weighted by molar-refractivity contribution is 5.15. The molecule has 0 heterocycles. The Labute approximate surface area is 196 Å². The van der Waals surface area contributed by atoms with Crippen LogP contribution in [0.4, 0.5) is 0 Å². The van der Waals surface area contributed by atoms with Crippen molar-refractivity contribution in [2.45, 2.75) is 133 Å². The molecule has 0 saturated heterocycles.